The van der Waals surface area contributed by atoms with Gasteiger partial charge in [-0.2, -0.15) is 0 Å². The van der Waals surface area contributed by atoms with E-state index in [1.165, 1.54) is 4.90 Å². The van der Waals surface area contributed by atoms with Crippen molar-refractivity contribution in [2.75, 3.05) is 39.6 Å². The zero-order valence-electron chi connectivity index (χ0n) is 19.6. The highest BCUT2D eigenvalue weighted by Gasteiger charge is 2.51. The molecule has 2 amide bonds. The first kappa shape index (κ1) is 27.7. The predicted molar refractivity (Wildman–Crippen MR) is 122 cm³/mol. The first-order chi connectivity index (χ1) is 15.7. The van der Waals surface area contributed by atoms with Crippen molar-refractivity contribution in [3.63, 3.8) is 0 Å². The maximum Gasteiger partial charge on any atom is 0.350 e. The summed E-state index contributed by atoms with van der Waals surface area (Å²) in [5.74, 6) is 0.0564. The molecule has 1 aromatic rings. The van der Waals surface area contributed by atoms with Crippen LogP contribution in [0.15, 0.2) is 24.3 Å². The monoisotopic (exact) mass is 505 g/mol. The van der Waals surface area contributed by atoms with E-state index in [1.807, 2.05) is 0 Å². The highest BCUT2D eigenvalue weighted by atomic mass is 31.2. The van der Waals surface area contributed by atoms with Gasteiger partial charge >= 0.3 is 15.2 Å². The van der Waals surface area contributed by atoms with Gasteiger partial charge in [0.05, 0.1) is 33.0 Å². The summed E-state index contributed by atoms with van der Waals surface area (Å²) in [6.45, 7) is 7.31. The third-order valence-electron chi connectivity index (χ3n) is 4.75. The molecule has 1 aromatic carbocycles. The van der Waals surface area contributed by atoms with Gasteiger partial charge in [0.2, 0.25) is 11.8 Å². The number of rotatable bonds is 15. The van der Waals surface area contributed by atoms with Crippen molar-refractivity contribution in [1.29, 1.82) is 0 Å². The molecule has 0 unspecified atom stereocenters. The van der Waals surface area contributed by atoms with Crippen LogP contribution in [0.25, 0.3) is 0 Å². The topological polar surface area (TPSA) is 118 Å². The van der Waals surface area contributed by atoms with Crippen LogP contribution in [0, 0.1) is 0 Å². The smallest absolute Gasteiger partial charge is 0.350 e. The summed E-state index contributed by atoms with van der Waals surface area (Å²) in [6, 6.07) is 6.42. The van der Waals surface area contributed by atoms with Crippen LogP contribution in [-0.4, -0.2) is 56.3 Å². The third kappa shape index (κ3) is 6.98. The van der Waals surface area contributed by atoms with Crippen LogP contribution in [0.3, 0.4) is 0 Å². The van der Waals surface area contributed by atoms with Crippen molar-refractivity contribution in [2.24, 2.45) is 0 Å². The summed E-state index contributed by atoms with van der Waals surface area (Å²) in [5, 5.41) is -1.28. The number of likely N-dealkylation sites (tertiary alicyclic amines) is 1. The molecule has 1 heterocycles. The van der Waals surface area contributed by atoms with Crippen molar-refractivity contribution >= 4 is 27.0 Å². The minimum Gasteiger partial charge on any atom is -0.492 e. The van der Waals surface area contributed by atoms with E-state index in [-0.39, 0.29) is 64.2 Å². The molecule has 0 aromatic heterocycles. The third-order valence-corrected chi connectivity index (χ3v) is 10.7. The highest BCUT2D eigenvalue weighted by molar-refractivity contribution is 7.72. The van der Waals surface area contributed by atoms with Gasteiger partial charge < -0.3 is 22.8 Å². The molecule has 0 bridgehead atoms. The van der Waals surface area contributed by atoms with Crippen LogP contribution in [0.2, 0.25) is 0 Å². The molecule has 12 heteroatoms. The van der Waals surface area contributed by atoms with Crippen molar-refractivity contribution in [2.45, 2.75) is 45.9 Å². The molecule has 0 N–H and O–H groups in total. The van der Waals surface area contributed by atoms with Gasteiger partial charge in [0.25, 0.3) is 0 Å². The number of imide groups is 1. The Hall–Kier alpha value is -1.54. The second-order valence-corrected chi connectivity index (χ2v) is 11.6. The molecular formula is C21H33NO9P2. The van der Waals surface area contributed by atoms with E-state index in [0.717, 1.165) is 0 Å². The van der Waals surface area contributed by atoms with Gasteiger partial charge in [0, 0.05) is 12.8 Å². The fourth-order valence-electron chi connectivity index (χ4n) is 3.48. The van der Waals surface area contributed by atoms with Crippen molar-refractivity contribution in [1.82, 2.24) is 4.90 Å². The lowest BCUT2D eigenvalue weighted by atomic mass is 10.2. The van der Waals surface area contributed by atoms with Crippen LogP contribution in [-0.2, 0) is 36.8 Å². The Morgan fingerprint density at radius 2 is 1.21 bits per heavy atom. The zero-order chi connectivity index (χ0) is 24.5. The molecule has 0 aliphatic carbocycles. The molecule has 186 valence electrons. The van der Waals surface area contributed by atoms with Crippen molar-refractivity contribution in [3.8, 4) is 5.75 Å². The maximum absolute atomic E-state index is 13.7. The Morgan fingerprint density at radius 3 is 1.61 bits per heavy atom. The molecule has 1 aliphatic heterocycles. The molecule has 0 radical (unpaired) electrons. The number of nitrogens with zero attached hydrogens (tertiary/aromatic N) is 1. The molecule has 1 saturated heterocycles. The van der Waals surface area contributed by atoms with Crippen LogP contribution < -0.4 is 4.74 Å². The summed E-state index contributed by atoms with van der Waals surface area (Å²) in [6.07, 6.45) is 0.461. The SMILES string of the molecule is CCOP(=O)(OCC)C(c1ccc(OCCN2C(=O)CCC2=O)cc1)P(=O)(OCC)OCC. The number of amides is 2. The summed E-state index contributed by atoms with van der Waals surface area (Å²) < 4.78 is 55.0. The fraction of sp³-hybridized carbons (Fsp3) is 0.619. The number of benzene rings is 1. The van der Waals surface area contributed by atoms with E-state index in [9.17, 15) is 18.7 Å². The number of hydrogen-bond donors (Lipinski definition) is 0. The maximum atomic E-state index is 13.7. The summed E-state index contributed by atoms with van der Waals surface area (Å²) in [5.41, 5.74) is 0.391. The van der Waals surface area contributed by atoms with Gasteiger partial charge in [-0.1, -0.05) is 12.1 Å². The van der Waals surface area contributed by atoms with Crippen LogP contribution >= 0.6 is 15.2 Å². The quantitative estimate of drug-likeness (QED) is 0.246. The van der Waals surface area contributed by atoms with E-state index < -0.39 is 20.6 Å². The molecule has 0 spiro atoms. The molecule has 0 saturated carbocycles. The first-order valence-electron chi connectivity index (χ1n) is 11.1. The highest BCUT2D eigenvalue weighted by Crippen LogP contribution is 2.78. The average molecular weight is 505 g/mol. The Morgan fingerprint density at radius 1 is 0.788 bits per heavy atom. The standard InChI is InChI=1S/C21H33NO9P2/c1-5-28-32(25,29-6-2)21(33(26,30-7-3)31-8-4)17-9-11-18(12-10-17)27-16-15-22-19(23)13-14-20(22)24/h9-12,21H,5-8,13-16H2,1-4H3. The van der Waals surface area contributed by atoms with Gasteiger partial charge in [0.1, 0.15) is 12.4 Å². The van der Waals surface area contributed by atoms with E-state index in [1.54, 1.807) is 52.0 Å². The van der Waals surface area contributed by atoms with E-state index in [4.69, 9.17) is 22.8 Å². The lowest BCUT2D eigenvalue weighted by molar-refractivity contribution is -0.138. The molecule has 2 rings (SSSR count). The van der Waals surface area contributed by atoms with Gasteiger partial charge in [-0.3, -0.25) is 23.6 Å². The molecule has 33 heavy (non-hydrogen) atoms. The van der Waals surface area contributed by atoms with E-state index >= 15 is 0 Å². The zero-order valence-corrected chi connectivity index (χ0v) is 21.3. The predicted octanol–water partition coefficient (Wildman–Crippen LogP) is 4.75. The van der Waals surface area contributed by atoms with E-state index in [2.05, 4.69) is 0 Å². The molecule has 1 aliphatic rings. The molecule has 1 fully saturated rings. The van der Waals surface area contributed by atoms with Crippen molar-refractivity contribution in [3.05, 3.63) is 29.8 Å². The Labute approximate surface area is 194 Å². The molecular weight excluding hydrogens is 472 g/mol. The number of ether oxygens (including phenoxy) is 1. The second-order valence-electron chi connectivity index (χ2n) is 6.98. The summed E-state index contributed by atoms with van der Waals surface area (Å²) in [4.78, 5) is 24.6. The fourth-order valence-corrected chi connectivity index (χ4v) is 8.89. The largest absolute Gasteiger partial charge is 0.492 e. The van der Waals surface area contributed by atoms with Gasteiger partial charge in [0.15, 0.2) is 5.40 Å². The summed E-state index contributed by atoms with van der Waals surface area (Å²) >= 11 is 0. The number of carbonyl (C=O) groups excluding carboxylic acids is 2. The van der Waals surface area contributed by atoms with Crippen LogP contribution in [0.5, 0.6) is 5.75 Å². The van der Waals surface area contributed by atoms with Gasteiger partial charge in [-0.15, -0.1) is 0 Å². The van der Waals surface area contributed by atoms with Crippen LogP contribution in [0.1, 0.15) is 51.5 Å². The van der Waals surface area contributed by atoms with Crippen LogP contribution in [0.4, 0.5) is 0 Å². The minimum absolute atomic E-state index is 0.0845. The van der Waals surface area contributed by atoms with Gasteiger partial charge in [-0.05, 0) is 45.4 Å². The normalized spacial score (nSPS) is 15.0. The van der Waals surface area contributed by atoms with E-state index in [0.29, 0.717) is 11.3 Å². The minimum atomic E-state index is -3.93. The summed E-state index contributed by atoms with van der Waals surface area (Å²) in [7, 11) is -7.86. The number of carbonyl (C=O) groups is 2. The lowest BCUT2D eigenvalue weighted by Gasteiger charge is -2.31. The molecule has 10 nitrogen and oxygen atoms in total. The van der Waals surface area contributed by atoms with Gasteiger partial charge in [-0.25, -0.2) is 0 Å². The second kappa shape index (κ2) is 12.8. The van der Waals surface area contributed by atoms with Crippen molar-refractivity contribution < 1.29 is 41.6 Å². The molecule has 0 atom stereocenters. The first-order valence-corrected chi connectivity index (χ1v) is 14.3. The Balaban J connectivity index is 2.27. The average Bonchev–Trinajstić information content (AvgIpc) is 3.07. The lowest BCUT2D eigenvalue weighted by Crippen LogP contribution is -2.33. The number of hydrogen-bond acceptors (Lipinski definition) is 9. The Kier molecular flexibility index (Phi) is 10.7. The Bertz CT molecular complexity index is 824.